The number of aliphatic hydroxyl groups is 1. The SMILES string of the molecule is O=C(NCCC12CC3CC(CC(C3)C1)C2)N1CCC(CO)CC1. The van der Waals surface area contributed by atoms with Crippen LogP contribution in [0.25, 0.3) is 0 Å². The zero-order chi connectivity index (χ0) is 15.9. The first-order valence-electron chi connectivity index (χ1n) is 9.79. The van der Waals surface area contributed by atoms with E-state index in [4.69, 9.17) is 0 Å². The molecule has 0 spiro atoms. The molecule has 4 nitrogen and oxygen atoms in total. The lowest BCUT2D eigenvalue weighted by Gasteiger charge is -2.57. The molecule has 0 unspecified atom stereocenters. The maximum Gasteiger partial charge on any atom is 0.317 e. The molecule has 0 radical (unpaired) electrons. The zero-order valence-electron chi connectivity index (χ0n) is 14.3. The van der Waals surface area contributed by atoms with Gasteiger partial charge in [-0.2, -0.15) is 0 Å². The van der Waals surface area contributed by atoms with Crippen molar-refractivity contribution in [2.75, 3.05) is 26.2 Å². The molecule has 4 aliphatic carbocycles. The van der Waals surface area contributed by atoms with Crippen molar-refractivity contribution in [2.45, 2.75) is 57.8 Å². The van der Waals surface area contributed by atoms with Crippen LogP contribution in [0.5, 0.6) is 0 Å². The van der Waals surface area contributed by atoms with Gasteiger partial charge in [-0.15, -0.1) is 0 Å². The third-order valence-electron chi connectivity index (χ3n) is 7.26. The molecule has 1 heterocycles. The molecule has 5 rings (SSSR count). The summed E-state index contributed by atoms with van der Waals surface area (Å²) in [5.74, 6) is 3.38. The first kappa shape index (κ1) is 15.7. The lowest BCUT2D eigenvalue weighted by atomic mass is 9.49. The Labute approximate surface area is 140 Å². The van der Waals surface area contributed by atoms with E-state index in [0.29, 0.717) is 11.3 Å². The minimum Gasteiger partial charge on any atom is -0.396 e. The number of amides is 2. The van der Waals surface area contributed by atoms with Crippen molar-refractivity contribution in [2.24, 2.45) is 29.1 Å². The molecular weight excluding hydrogens is 288 g/mol. The second-order valence-electron chi connectivity index (χ2n) is 9.01. The van der Waals surface area contributed by atoms with Crippen molar-refractivity contribution in [1.29, 1.82) is 0 Å². The molecule has 23 heavy (non-hydrogen) atoms. The van der Waals surface area contributed by atoms with E-state index in [9.17, 15) is 9.90 Å². The minimum atomic E-state index is 0.117. The molecule has 0 aromatic rings. The Morgan fingerprint density at radius 3 is 2.13 bits per heavy atom. The van der Waals surface area contributed by atoms with Crippen LogP contribution in [0.4, 0.5) is 4.79 Å². The number of likely N-dealkylation sites (tertiary alicyclic amines) is 1. The van der Waals surface area contributed by atoms with Crippen LogP contribution in [0.15, 0.2) is 0 Å². The van der Waals surface area contributed by atoms with Gasteiger partial charge in [0.15, 0.2) is 0 Å². The van der Waals surface area contributed by atoms with Crippen LogP contribution in [0.3, 0.4) is 0 Å². The Hall–Kier alpha value is -0.770. The highest BCUT2D eigenvalue weighted by Gasteiger charge is 2.50. The summed E-state index contributed by atoms with van der Waals surface area (Å²) >= 11 is 0. The number of hydrogen-bond acceptors (Lipinski definition) is 2. The van der Waals surface area contributed by atoms with Gasteiger partial charge in [-0.3, -0.25) is 0 Å². The van der Waals surface area contributed by atoms with Crippen LogP contribution in [0.1, 0.15) is 57.8 Å². The Balaban J connectivity index is 1.24. The Kier molecular flexibility index (Phi) is 4.29. The summed E-state index contributed by atoms with van der Waals surface area (Å²) in [4.78, 5) is 14.3. The van der Waals surface area contributed by atoms with E-state index in [2.05, 4.69) is 5.32 Å². The van der Waals surface area contributed by atoms with Crippen LogP contribution in [0, 0.1) is 29.1 Å². The highest BCUT2D eigenvalue weighted by molar-refractivity contribution is 5.74. The molecule has 0 atom stereocenters. The molecule has 0 aromatic heterocycles. The summed E-state index contributed by atoms with van der Waals surface area (Å²) in [7, 11) is 0. The fraction of sp³-hybridized carbons (Fsp3) is 0.947. The summed E-state index contributed by atoms with van der Waals surface area (Å²) in [6, 6.07) is 0.117. The monoisotopic (exact) mass is 320 g/mol. The minimum absolute atomic E-state index is 0.117. The van der Waals surface area contributed by atoms with Gasteiger partial charge in [0.05, 0.1) is 0 Å². The first-order valence-corrected chi connectivity index (χ1v) is 9.79. The van der Waals surface area contributed by atoms with Gasteiger partial charge in [-0.05, 0) is 86.9 Å². The smallest absolute Gasteiger partial charge is 0.317 e. The van der Waals surface area contributed by atoms with Crippen molar-refractivity contribution >= 4 is 6.03 Å². The Bertz CT molecular complexity index is 407. The molecule has 130 valence electrons. The maximum atomic E-state index is 12.3. The number of urea groups is 1. The normalized spacial score (nSPS) is 39.7. The average molecular weight is 320 g/mol. The summed E-state index contributed by atoms with van der Waals surface area (Å²) in [6.45, 7) is 2.72. The fourth-order valence-electron chi connectivity index (χ4n) is 6.46. The van der Waals surface area contributed by atoms with Gasteiger partial charge in [0.2, 0.25) is 0 Å². The summed E-state index contributed by atoms with van der Waals surface area (Å²) in [5, 5.41) is 12.4. The number of nitrogens with zero attached hydrogens (tertiary/aromatic N) is 1. The van der Waals surface area contributed by atoms with Gasteiger partial charge in [0.25, 0.3) is 0 Å². The van der Waals surface area contributed by atoms with Gasteiger partial charge in [-0.25, -0.2) is 4.79 Å². The molecule has 2 N–H and O–H groups in total. The predicted octanol–water partition coefficient (Wildman–Crippen LogP) is 3.01. The molecule has 0 aromatic carbocycles. The van der Waals surface area contributed by atoms with Crippen molar-refractivity contribution < 1.29 is 9.90 Å². The quantitative estimate of drug-likeness (QED) is 0.836. The number of piperidine rings is 1. The number of carbonyl (C=O) groups excluding carboxylic acids is 1. The van der Waals surface area contributed by atoms with E-state index in [0.717, 1.165) is 50.2 Å². The topological polar surface area (TPSA) is 52.6 Å². The summed E-state index contributed by atoms with van der Waals surface area (Å²) in [6.07, 6.45) is 11.8. The van der Waals surface area contributed by atoms with Crippen molar-refractivity contribution in [3.05, 3.63) is 0 Å². The van der Waals surface area contributed by atoms with E-state index in [1.807, 2.05) is 4.90 Å². The molecule has 1 aliphatic heterocycles. The van der Waals surface area contributed by atoms with E-state index in [-0.39, 0.29) is 12.6 Å². The third-order valence-corrected chi connectivity index (χ3v) is 7.26. The Morgan fingerprint density at radius 1 is 1.04 bits per heavy atom. The number of carbonyl (C=O) groups is 1. The van der Waals surface area contributed by atoms with E-state index in [1.165, 1.54) is 44.9 Å². The zero-order valence-corrected chi connectivity index (χ0v) is 14.3. The van der Waals surface area contributed by atoms with Crippen LogP contribution >= 0.6 is 0 Å². The molecule has 5 aliphatic rings. The molecule has 5 fully saturated rings. The predicted molar refractivity (Wildman–Crippen MR) is 90.0 cm³/mol. The number of nitrogens with one attached hydrogen (secondary N) is 1. The second-order valence-corrected chi connectivity index (χ2v) is 9.01. The summed E-state index contributed by atoms with van der Waals surface area (Å²) < 4.78 is 0. The van der Waals surface area contributed by atoms with E-state index in [1.54, 1.807) is 0 Å². The van der Waals surface area contributed by atoms with Crippen molar-refractivity contribution in [3.63, 3.8) is 0 Å². The molecule has 4 saturated carbocycles. The van der Waals surface area contributed by atoms with Gasteiger partial charge >= 0.3 is 6.03 Å². The third kappa shape index (κ3) is 3.24. The Morgan fingerprint density at radius 2 is 1.61 bits per heavy atom. The fourth-order valence-corrected chi connectivity index (χ4v) is 6.46. The van der Waals surface area contributed by atoms with Crippen LogP contribution < -0.4 is 5.32 Å². The van der Waals surface area contributed by atoms with Gasteiger partial charge < -0.3 is 15.3 Å². The van der Waals surface area contributed by atoms with Crippen LogP contribution in [-0.2, 0) is 0 Å². The standard InChI is InChI=1S/C19H32N2O2/c22-13-14-1-5-21(6-2-14)18(23)20-4-3-19-10-15-7-16(11-19)9-17(8-15)12-19/h14-17,22H,1-13H2,(H,20,23). The maximum absolute atomic E-state index is 12.3. The highest BCUT2D eigenvalue weighted by Crippen LogP contribution is 2.61. The van der Waals surface area contributed by atoms with Crippen LogP contribution in [0.2, 0.25) is 0 Å². The lowest BCUT2D eigenvalue weighted by molar-refractivity contribution is -0.0564. The molecule has 4 bridgehead atoms. The number of hydrogen-bond donors (Lipinski definition) is 2. The van der Waals surface area contributed by atoms with Gasteiger partial charge in [0.1, 0.15) is 0 Å². The van der Waals surface area contributed by atoms with Gasteiger partial charge in [-0.1, -0.05) is 0 Å². The first-order chi connectivity index (χ1) is 11.2. The van der Waals surface area contributed by atoms with E-state index < -0.39 is 0 Å². The van der Waals surface area contributed by atoms with Gasteiger partial charge in [0, 0.05) is 26.2 Å². The molecule has 4 heteroatoms. The largest absolute Gasteiger partial charge is 0.396 e. The van der Waals surface area contributed by atoms with Crippen molar-refractivity contribution in [3.8, 4) is 0 Å². The van der Waals surface area contributed by atoms with Crippen molar-refractivity contribution in [1.82, 2.24) is 10.2 Å². The summed E-state index contributed by atoms with van der Waals surface area (Å²) in [5.41, 5.74) is 0.561. The lowest BCUT2D eigenvalue weighted by Crippen LogP contribution is -2.49. The van der Waals surface area contributed by atoms with Crippen LogP contribution in [-0.4, -0.2) is 42.3 Å². The molecule has 1 saturated heterocycles. The second kappa shape index (κ2) is 6.27. The number of rotatable bonds is 4. The highest BCUT2D eigenvalue weighted by atomic mass is 16.3. The average Bonchev–Trinajstić information content (AvgIpc) is 2.53. The molecule has 2 amide bonds. The molecular formula is C19H32N2O2. The number of aliphatic hydroxyl groups excluding tert-OH is 1. The van der Waals surface area contributed by atoms with E-state index >= 15 is 0 Å².